The lowest BCUT2D eigenvalue weighted by Gasteiger charge is -2.32. The van der Waals surface area contributed by atoms with Crippen molar-refractivity contribution in [1.82, 2.24) is 10.3 Å². The molecule has 0 fully saturated rings. The number of carbonyl (C=O) groups is 2. The fourth-order valence-electron chi connectivity index (χ4n) is 3.87. The zero-order chi connectivity index (χ0) is 33.1. The second kappa shape index (κ2) is 13.5. The summed E-state index contributed by atoms with van der Waals surface area (Å²) in [6, 6.07) is 5.84. The molecular weight excluding hydrogens is 626 g/mol. The Morgan fingerprint density at radius 1 is 0.860 bits per heavy atom. The largest absolute Gasteiger partial charge is 0.416 e. The van der Waals surface area contributed by atoms with Crippen LogP contribution >= 0.6 is 23.2 Å². The number of carbonyl (C=O) groups excluding carboxylic acids is 2. The van der Waals surface area contributed by atoms with Gasteiger partial charge in [0.25, 0.3) is 0 Å². The molecule has 0 spiro atoms. The van der Waals surface area contributed by atoms with Crippen LogP contribution in [-0.4, -0.2) is 30.9 Å². The molecule has 43 heavy (non-hydrogen) atoms. The van der Waals surface area contributed by atoms with Gasteiger partial charge in [0, 0.05) is 31.1 Å². The summed E-state index contributed by atoms with van der Waals surface area (Å²) in [5.41, 5.74) is -4.82. The van der Waals surface area contributed by atoms with Crippen molar-refractivity contribution in [1.29, 1.82) is 0 Å². The summed E-state index contributed by atoms with van der Waals surface area (Å²) in [7, 11) is 2.91. The van der Waals surface area contributed by atoms with Crippen molar-refractivity contribution < 1.29 is 40.3 Å². The molecule has 5 nitrogen and oxygen atoms in total. The van der Waals surface area contributed by atoms with E-state index in [1.54, 1.807) is 7.05 Å². The minimum Gasteiger partial charge on any atom is -0.359 e. The molecule has 0 bridgehead atoms. The minimum absolute atomic E-state index is 0.00180. The van der Waals surface area contributed by atoms with E-state index in [2.05, 4.69) is 10.3 Å². The van der Waals surface area contributed by atoms with E-state index in [-0.39, 0.29) is 44.9 Å². The zero-order valence-electron chi connectivity index (χ0n) is 23.8. The van der Waals surface area contributed by atoms with Gasteiger partial charge in [-0.2, -0.15) is 26.3 Å². The van der Waals surface area contributed by atoms with Gasteiger partial charge in [0.2, 0.25) is 11.8 Å². The van der Waals surface area contributed by atoms with Crippen molar-refractivity contribution in [3.05, 3.63) is 81.3 Å². The Kier molecular flexibility index (Phi) is 11.2. The van der Waals surface area contributed by atoms with Gasteiger partial charge in [0.15, 0.2) is 0 Å². The number of rotatable bonds is 5. The maximum absolute atomic E-state index is 13.6. The van der Waals surface area contributed by atoms with Crippen molar-refractivity contribution in [3.8, 4) is 11.1 Å². The van der Waals surface area contributed by atoms with Gasteiger partial charge in [-0.15, -0.1) is 0 Å². The molecule has 3 aromatic rings. The number of hydrogen-bond acceptors (Lipinski definition) is 3. The van der Waals surface area contributed by atoms with E-state index in [1.165, 1.54) is 39.2 Å². The normalized spacial score (nSPS) is 12.0. The Morgan fingerprint density at radius 2 is 1.37 bits per heavy atom. The average Bonchev–Trinajstić information content (AvgIpc) is 2.90. The molecule has 1 heterocycles. The van der Waals surface area contributed by atoms with Crippen molar-refractivity contribution in [3.63, 3.8) is 0 Å². The number of pyridine rings is 1. The number of likely N-dealkylation sites (N-methyl/N-ethyl adjacent to an activating group) is 1. The van der Waals surface area contributed by atoms with Crippen LogP contribution in [0.3, 0.4) is 0 Å². The van der Waals surface area contributed by atoms with Crippen LogP contribution in [0.25, 0.3) is 11.1 Å². The molecule has 234 valence electrons. The van der Waals surface area contributed by atoms with Crippen molar-refractivity contribution in [2.24, 2.45) is 5.92 Å². The van der Waals surface area contributed by atoms with Crippen LogP contribution in [0.2, 0.25) is 10.2 Å². The molecule has 0 unspecified atom stereocenters. The Balaban J connectivity index is 0.000000821. The minimum atomic E-state index is -5.08. The number of benzene rings is 2. The van der Waals surface area contributed by atoms with Crippen LogP contribution in [0.1, 0.15) is 44.4 Å². The second-order valence-corrected chi connectivity index (χ2v) is 11.0. The monoisotopic (exact) mass is 653 g/mol. The maximum Gasteiger partial charge on any atom is 0.416 e. The highest BCUT2D eigenvalue weighted by Gasteiger charge is 2.41. The molecule has 0 radical (unpaired) electrons. The van der Waals surface area contributed by atoms with Crippen molar-refractivity contribution >= 4 is 40.7 Å². The Labute approximate surface area is 254 Å². The molecule has 0 saturated carbocycles. The lowest BCUT2D eigenvalue weighted by atomic mass is 9.81. The van der Waals surface area contributed by atoms with Gasteiger partial charge in [0.05, 0.1) is 33.4 Å². The highest BCUT2D eigenvalue weighted by atomic mass is 35.5. The Bertz CT molecular complexity index is 1460. The maximum atomic E-state index is 13.6. The molecule has 2 amide bonds. The van der Waals surface area contributed by atoms with Gasteiger partial charge >= 0.3 is 12.4 Å². The van der Waals surface area contributed by atoms with Gasteiger partial charge < -0.3 is 10.2 Å². The van der Waals surface area contributed by atoms with E-state index >= 15 is 0 Å². The fourth-order valence-corrected chi connectivity index (χ4v) is 4.30. The number of anilines is 1. The van der Waals surface area contributed by atoms with E-state index in [9.17, 15) is 40.3 Å². The molecular formula is C29H28Cl2F7N3O2. The first-order valence-electron chi connectivity index (χ1n) is 12.5. The SMILES string of the molecule is CN(C(=O)C(C)(C)c1cc(C(F)(F)F)cc(C(F)(F)F)c1)c1cnc(Cl)cc1-c1ccc(F)cc1Cl.CNC(=O)C(C)C. The lowest BCUT2D eigenvalue weighted by Crippen LogP contribution is -2.42. The third-order valence-electron chi connectivity index (χ3n) is 6.35. The molecule has 1 N–H and O–H groups in total. The van der Waals surface area contributed by atoms with E-state index in [4.69, 9.17) is 23.2 Å². The predicted octanol–water partition coefficient (Wildman–Crippen LogP) is 8.56. The molecule has 3 rings (SSSR count). The molecule has 0 aliphatic carbocycles. The molecule has 14 heteroatoms. The smallest absolute Gasteiger partial charge is 0.359 e. The number of nitrogens with one attached hydrogen (secondary N) is 1. The Morgan fingerprint density at radius 3 is 1.79 bits per heavy atom. The quantitative estimate of drug-likeness (QED) is 0.222. The predicted molar refractivity (Wildman–Crippen MR) is 151 cm³/mol. The topological polar surface area (TPSA) is 62.3 Å². The summed E-state index contributed by atoms with van der Waals surface area (Å²) in [4.78, 5) is 28.8. The third-order valence-corrected chi connectivity index (χ3v) is 6.87. The summed E-state index contributed by atoms with van der Waals surface area (Å²) in [5.74, 6) is -1.26. The van der Waals surface area contributed by atoms with Crippen molar-refractivity contribution in [2.75, 3.05) is 19.0 Å². The van der Waals surface area contributed by atoms with Crippen molar-refractivity contribution in [2.45, 2.75) is 45.5 Å². The molecule has 1 aromatic heterocycles. The Hall–Kier alpha value is -3.38. The molecule has 2 aromatic carbocycles. The van der Waals surface area contributed by atoms with Crippen LogP contribution in [0, 0.1) is 11.7 Å². The first-order valence-corrected chi connectivity index (χ1v) is 13.3. The van der Waals surface area contributed by atoms with E-state index in [1.807, 2.05) is 13.8 Å². The number of hydrogen-bond donors (Lipinski definition) is 1. The molecule has 0 saturated heterocycles. The summed E-state index contributed by atoms with van der Waals surface area (Å²) >= 11 is 12.2. The first-order chi connectivity index (χ1) is 19.6. The van der Waals surface area contributed by atoms with Crippen LogP contribution < -0.4 is 10.2 Å². The average molecular weight is 654 g/mol. The van der Waals surface area contributed by atoms with Gasteiger partial charge in [-0.05, 0) is 61.9 Å². The van der Waals surface area contributed by atoms with E-state index < -0.39 is 46.2 Å². The van der Waals surface area contributed by atoms with Crippen LogP contribution in [-0.2, 0) is 27.4 Å². The van der Waals surface area contributed by atoms with Crippen LogP contribution in [0.4, 0.5) is 36.4 Å². The van der Waals surface area contributed by atoms with Gasteiger partial charge in [-0.1, -0.05) is 37.0 Å². The number of nitrogens with zero attached hydrogens (tertiary/aromatic N) is 2. The highest BCUT2D eigenvalue weighted by molar-refractivity contribution is 6.34. The summed E-state index contributed by atoms with van der Waals surface area (Å²) in [6.45, 7) is 6.13. The third kappa shape index (κ3) is 8.82. The number of aromatic nitrogens is 1. The first kappa shape index (κ1) is 35.8. The van der Waals surface area contributed by atoms with Gasteiger partial charge in [0.1, 0.15) is 11.0 Å². The summed E-state index contributed by atoms with van der Waals surface area (Å²) in [6.07, 6.45) is -8.96. The van der Waals surface area contributed by atoms with Gasteiger partial charge in [-0.25, -0.2) is 9.37 Å². The molecule has 0 aliphatic rings. The number of halogens is 9. The highest BCUT2D eigenvalue weighted by Crippen LogP contribution is 2.41. The molecule has 0 atom stereocenters. The standard InChI is InChI=1S/C24H17Cl2F7N2O.C5H11NO/c1-22(2,12-6-13(23(28,29)30)8-14(7-12)24(31,32)33)21(36)35(3)19-11-34-20(26)10-17(19)16-5-4-15(27)9-18(16)25;1-4(2)5(7)6-3/h4-11H,1-3H3;4H,1-3H3,(H,6,7). The summed E-state index contributed by atoms with van der Waals surface area (Å²) < 4.78 is 93.8. The number of alkyl halides is 6. The van der Waals surface area contributed by atoms with Crippen LogP contribution in [0.15, 0.2) is 48.7 Å². The number of amides is 2. The lowest BCUT2D eigenvalue weighted by molar-refractivity contribution is -0.143. The van der Waals surface area contributed by atoms with Gasteiger partial charge in [-0.3, -0.25) is 9.59 Å². The fraction of sp³-hybridized carbons (Fsp3) is 0.345. The van der Waals surface area contributed by atoms with E-state index in [0.29, 0.717) is 12.1 Å². The van der Waals surface area contributed by atoms with E-state index in [0.717, 1.165) is 17.0 Å². The summed E-state index contributed by atoms with van der Waals surface area (Å²) in [5, 5.41) is 2.51. The van der Waals surface area contributed by atoms with Crippen LogP contribution in [0.5, 0.6) is 0 Å². The second-order valence-electron chi connectivity index (χ2n) is 10.2. The molecule has 0 aliphatic heterocycles. The zero-order valence-corrected chi connectivity index (χ0v) is 25.3.